The summed E-state index contributed by atoms with van der Waals surface area (Å²) in [6, 6.07) is 7.08. The van der Waals surface area contributed by atoms with Crippen molar-refractivity contribution in [3.05, 3.63) is 28.2 Å². The molecule has 0 aromatic heterocycles. The monoisotopic (exact) mass is 309 g/mol. The second kappa shape index (κ2) is 5.22. The van der Waals surface area contributed by atoms with Crippen molar-refractivity contribution in [1.29, 1.82) is 0 Å². The van der Waals surface area contributed by atoms with E-state index in [0.717, 1.165) is 34.6 Å². The molecule has 18 heavy (non-hydrogen) atoms. The maximum atomic E-state index is 5.25. The Bertz CT molecular complexity index is 435. The summed E-state index contributed by atoms with van der Waals surface area (Å²) in [6.45, 7) is 0.969. The molecule has 0 radical (unpaired) electrons. The van der Waals surface area contributed by atoms with Crippen molar-refractivity contribution in [1.82, 2.24) is 5.32 Å². The van der Waals surface area contributed by atoms with Gasteiger partial charge in [0.2, 0.25) is 0 Å². The van der Waals surface area contributed by atoms with Gasteiger partial charge in [0.25, 0.3) is 0 Å². The summed E-state index contributed by atoms with van der Waals surface area (Å²) in [5.74, 6) is 2.85. The van der Waals surface area contributed by atoms with Gasteiger partial charge in [-0.05, 0) is 64.7 Å². The third-order valence-electron chi connectivity index (χ3n) is 4.52. The van der Waals surface area contributed by atoms with E-state index in [4.69, 9.17) is 4.74 Å². The second-order valence-corrected chi connectivity index (χ2v) is 6.49. The quantitative estimate of drug-likeness (QED) is 0.915. The van der Waals surface area contributed by atoms with E-state index in [0.29, 0.717) is 0 Å². The molecule has 2 fully saturated rings. The zero-order valence-corrected chi connectivity index (χ0v) is 12.4. The smallest absolute Gasteiger partial charge is 0.133 e. The highest BCUT2D eigenvalue weighted by Crippen LogP contribution is 2.44. The summed E-state index contributed by atoms with van der Waals surface area (Å²) in [6.07, 6.45) is 5.76. The highest BCUT2D eigenvalue weighted by Gasteiger charge is 2.38. The van der Waals surface area contributed by atoms with E-state index in [-0.39, 0.29) is 0 Å². The molecule has 1 aromatic carbocycles. The molecule has 0 aliphatic heterocycles. The van der Waals surface area contributed by atoms with E-state index in [2.05, 4.69) is 33.4 Å². The minimum absolute atomic E-state index is 0.754. The van der Waals surface area contributed by atoms with Gasteiger partial charge in [-0.2, -0.15) is 0 Å². The molecule has 2 bridgehead atoms. The summed E-state index contributed by atoms with van der Waals surface area (Å²) in [5, 5.41) is 3.73. The van der Waals surface area contributed by atoms with E-state index in [9.17, 15) is 0 Å². The van der Waals surface area contributed by atoms with E-state index in [1.54, 1.807) is 7.11 Å². The molecule has 2 aliphatic rings. The Labute approximate surface area is 117 Å². The lowest BCUT2D eigenvalue weighted by Gasteiger charge is -2.23. The number of methoxy groups -OCH3 is 1. The first kappa shape index (κ1) is 12.5. The predicted octanol–water partition coefficient (Wildman–Crippen LogP) is 3.74. The fourth-order valence-corrected chi connectivity index (χ4v) is 4.15. The van der Waals surface area contributed by atoms with Crippen molar-refractivity contribution in [3.63, 3.8) is 0 Å². The van der Waals surface area contributed by atoms with Crippen LogP contribution in [-0.4, -0.2) is 13.2 Å². The Morgan fingerprint density at radius 3 is 2.83 bits per heavy atom. The predicted molar refractivity (Wildman–Crippen MR) is 76.8 cm³/mol. The van der Waals surface area contributed by atoms with Crippen LogP contribution in [0.4, 0.5) is 0 Å². The van der Waals surface area contributed by atoms with Crippen molar-refractivity contribution in [2.24, 2.45) is 11.8 Å². The van der Waals surface area contributed by atoms with Crippen LogP contribution in [0.25, 0.3) is 0 Å². The van der Waals surface area contributed by atoms with Gasteiger partial charge >= 0.3 is 0 Å². The largest absolute Gasteiger partial charge is 0.496 e. The minimum Gasteiger partial charge on any atom is -0.496 e. The first-order valence-electron chi connectivity index (χ1n) is 6.82. The number of ether oxygens (including phenoxy) is 1. The van der Waals surface area contributed by atoms with Crippen molar-refractivity contribution in [3.8, 4) is 5.75 Å². The fourth-order valence-electron chi connectivity index (χ4n) is 3.56. The van der Waals surface area contributed by atoms with Crippen LogP contribution in [0, 0.1) is 11.8 Å². The molecule has 3 unspecified atom stereocenters. The maximum Gasteiger partial charge on any atom is 0.133 e. The standard InChI is InChI=1S/C15H20BrNO/c1-18-15-5-3-11(7-13(15)16)9-17-14-8-10-2-4-12(14)6-10/h3,5,7,10,12,14,17H,2,4,6,8-9H2,1H3. The Hall–Kier alpha value is -0.540. The molecule has 2 nitrogen and oxygen atoms in total. The normalized spacial score (nSPS) is 29.8. The lowest BCUT2D eigenvalue weighted by Crippen LogP contribution is -2.33. The van der Waals surface area contributed by atoms with Crippen LogP contribution >= 0.6 is 15.9 Å². The van der Waals surface area contributed by atoms with Gasteiger partial charge in [-0.3, -0.25) is 0 Å². The number of halogens is 1. The molecule has 0 spiro atoms. The second-order valence-electron chi connectivity index (χ2n) is 5.63. The van der Waals surface area contributed by atoms with Gasteiger partial charge in [-0.25, -0.2) is 0 Å². The molecule has 3 heteroatoms. The van der Waals surface area contributed by atoms with E-state index in [1.165, 1.54) is 31.2 Å². The summed E-state index contributed by atoms with van der Waals surface area (Å²) in [7, 11) is 1.70. The summed E-state index contributed by atoms with van der Waals surface area (Å²) < 4.78 is 6.29. The Morgan fingerprint density at radius 1 is 1.33 bits per heavy atom. The van der Waals surface area contributed by atoms with Crippen LogP contribution in [0.2, 0.25) is 0 Å². The molecule has 2 saturated carbocycles. The molecule has 2 aliphatic carbocycles. The van der Waals surface area contributed by atoms with Crippen LogP contribution in [0.5, 0.6) is 5.75 Å². The molecule has 0 heterocycles. The maximum absolute atomic E-state index is 5.25. The highest BCUT2D eigenvalue weighted by atomic mass is 79.9. The lowest BCUT2D eigenvalue weighted by molar-refractivity contribution is 0.350. The Morgan fingerprint density at radius 2 is 2.22 bits per heavy atom. The fraction of sp³-hybridized carbons (Fsp3) is 0.600. The molecular weight excluding hydrogens is 290 g/mol. The van der Waals surface area contributed by atoms with Gasteiger partial charge in [0.15, 0.2) is 0 Å². The van der Waals surface area contributed by atoms with Crippen LogP contribution in [0.1, 0.15) is 31.2 Å². The average Bonchev–Trinajstić information content (AvgIpc) is 2.98. The third-order valence-corrected chi connectivity index (χ3v) is 5.14. The summed E-state index contributed by atoms with van der Waals surface area (Å²) in [4.78, 5) is 0. The molecule has 98 valence electrons. The van der Waals surface area contributed by atoms with Crippen LogP contribution in [0.15, 0.2) is 22.7 Å². The average molecular weight is 310 g/mol. The van der Waals surface area contributed by atoms with E-state index < -0.39 is 0 Å². The van der Waals surface area contributed by atoms with Crippen molar-refractivity contribution < 1.29 is 4.74 Å². The molecule has 0 amide bonds. The zero-order chi connectivity index (χ0) is 12.5. The molecular formula is C15H20BrNO. The molecule has 0 saturated heterocycles. The van der Waals surface area contributed by atoms with Gasteiger partial charge in [0.05, 0.1) is 11.6 Å². The summed E-state index contributed by atoms with van der Waals surface area (Å²) in [5.41, 5.74) is 1.32. The van der Waals surface area contributed by atoms with E-state index in [1.807, 2.05) is 6.07 Å². The van der Waals surface area contributed by atoms with Gasteiger partial charge < -0.3 is 10.1 Å². The van der Waals surface area contributed by atoms with Gasteiger partial charge in [-0.1, -0.05) is 12.5 Å². The van der Waals surface area contributed by atoms with Gasteiger partial charge in [0.1, 0.15) is 5.75 Å². The van der Waals surface area contributed by atoms with Crippen LogP contribution in [0.3, 0.4) is 0 Å². The minimum atomic E-state index is 0.754. The number of benzene rings is 1. The first-order valence-corrected chi connectivity index (χ1v) is 7.61. The topological polar surface area (TPSA) is 21.3 Å². The zero-order valence-electron chi connectivity index (χ0n) is 10.8. The Kier molecular flexibility index (Phi) is 3.62. The van der Waals surface area contributed by atoms with Crippen molar-refractivity contribution in [2.75, 3.05) is 7.11 Å². The molecule has 3 atom stereocenters. The van der Waals surface area contributed by atoms with Crippen molar-refractivity contribution >= 4 is 15.9 Å². The molecule has 1 aromatic rings. The Balaban J connectivity index is 1.58. The van der Waals surface area contributed by atoms with Crippen molar-refractivity contribution in [2.45, 2.75) is 38.3 Å². The summed E-state index contributed by atoms with van der Waals surface area (Å²) >= 11 is 3.54. The van der Waals surface area contributed by atoms with Crippen LogP contribution in [-0.2, 0) is 6.54 Å². The lowest BCUT2D eigenvalue weighted by atomic mass is 9.95. The van der Waals surface area contributed by atoms with E-state index >= 15 is 0 Å². The van der Waals surface area contributed by atoms with Crippen LogP contribution < -0.4 is 10.1 Å². The van der Waals surface area contributed by atoms with Gasteiger partial charge in [-0.15, -0.1) is 0 Å². The number of hydrogen-bond donors (Lipinski definition) is 1. The number of hydrogen-bond acceptors (Lipinski definition) is 2. The highest BCUT2D eigenvalue weighted by molar-refractivity contribution is 9.10. The number of fused-ring (bicyclic) bond motifs is 2. The number of nitrogens with one attached hydrogen (secondary N) is 1. The molecule has 1 N–H and O–H groups in total. The number of rotatable bonds is 4. The van der Waals surface area contributed by atoms with Gasteiger partial charge in [0, 0.05) is 12.6 Å². The third kappa shape index (κ3) is 2.43. The SMILES string of the molecule is COc1ccc(CNC2CC3CCC2C3)cc1Br. The first-order chi connectivity index (χ1) is 8.76. The molecule has 3 rings (SSSR count).